The van der Waals surface area contributed by atoms with E-state index in [-0.39, 0.29) is 11.4 Å². The molecule has 0 aliphatic carbocycles. The van der Waals surface area contributed by atoms with E-state index in [0.717, 1.165) is 6.07 Å². The Bertz CT molecular complexity index is 475. The Balaban J connectivity index is 2.51. The van der Waals surface area contributed by atoms with Gasteiger partial charge in [-0.3, -0.25) is 15.0 Å². The molecule has 9 nitrogen and oxygen atoms in total. The molecule has 1 aromatic rings. The standard InChI is InChI=1S/C9H9N3O6/c13-8(14)5-18-11-9(15)10-6-2-1-3-7(4-6)12(16)17/h1-4H,5H2,(H,13,14)(H2,10,11,15). The van der Waals surface area contributed by atoms with E-state index in [1.807, 2.05) is 5.48 Å². The molecule has 1 rings (SSSR count). The van der Waals surface area contributed by atoms with Crippen molar-refractivity contribution < 1.29 is 24.5 Å². The highest BCUT2D eigenvalue weighted by atomic mass is 16.7. The monoisotopic (exact) mass is 255 g/mol. The van der Waals surface area contributed by atoms with Crippen LogP contribution in [0.2, 0.25) is 0 Å². The number of hydroxylamine groups is 1. The molecular weight excluding hydrogens is 246 g/mol. The van der Waals surface area contributed by atoms with Crippen LogP contribution in [0.1, 0.15) is 0 Å². The molecule has 0 saturated heterocycles. The second-order valence-corrected chi connectivity index (χ2v) is 3.05. The Kier molecular flexibility index (Phi) is 4.58. The van der Waals surface area contributed by atoms with E-state index in [0.29, 0.717) is 0 Å². The van der Waals surface area contributed by atoms with Crippen molar-refractivity contribution in [3.63, 3.8) is 0 Å². The molecule has 0 atom stereocenters. The zero-order valence-corrected chi connectivity index (χ0v) is 8.95. The molecule has 18 heavy (non-hydrogen) atoms. The number of carbonyl (C=O) groups excluding carboxylic acids is 1. The number of nitrogens with one attached hydrogen (secondary N) is 2. The molecule has 0 spiro atoms. The van der Waals surface area contributed by atoms with E-state index < -0.39 is 23.5 Å². The van der Waals surface area contributed by atoms with E-state index in [1.165, 1.54) is 18.2 Å². The van der Waals surface area contributed by atoms with Gasteiger partial charge >= 0.3 is 12.0 Å². The number of nitrogens with zero attached hydrogens (tertiary/aromatic N) is 1. The Morgan fingerprint density at radius 3 is 2.78 bits per heavy atom. The summed E-state index contributed by atoms with van der Waals surface area (Å²) in [5, 5.41) is 21.0. The lowest BCUT2D eigenvalue weighted by Gasteiger charge is -2.06. The van der Waals surface area contributed by atoms with Gasteiger partial charge in [-0.25, -0.2) is 15.1 Å². The molecule has 0 aliphatic rings. The third kappa shape index (κ3) is 4.45. The van der Waals surface area contributed by atoms with Crippen molar-refractivity contribution in [1.29, 1.82) is 0 Å². The molecule has 0 fully saturated rings. The van der Waals surface area contributed by atoms with E-state index in [2.05, 4.69) is 10.2 Å². The number of urea groups is 1. The molecule has 0 bridgehead atoms. The highest BCUT2D eigenvalue weighted by Crippen LogP contribution is 2.16. The first-order valence-corrected chi connectivity index (χ1v) is 4.64. The van der Waals surface area contributed by atoms with Crippen molar-refractivity contribution >= 4 is 23.4 Å². The number of non-ortho nitro benzene ring substituents is 1. The average molecular weight is 255 g/mol. The number of carboxylic acids is 1. The zero-order valence-electron chi connectivity index (χ0n) is 8.95. The van der Waals surface area contributed by atoms with Gasteiger partial charge in [0.25, 0.3) is 5.69 Å². The number of carboxylic acid groups (broad SMARTS) is 1. The van der Waals surface area contributed by atoms with Crippen LogP contribution in [0.3, 0.4) is 0 Å². The summed E-state index contributed by atoms with van der Waals surface area (Å²) in [6.45, 7) is -0.692. The molecule has 0 radical (unpaired) electrons. The normalized spacial score (nSPS) is 9.56. The Labute approximate surface area is 100 Å². The number of hydrogen-bond donors (Lipinski definition) is 3. The topological polar surface area (TPSA) is 131 Å². The Morgan fingerprint density at radius 1 is 1.44 bits per heavy atom. The van der Waals surface area contributed by atoms with Gasteiger partial charge in [0.2, 0.25) is 0 Å². The average Bonchev–Trinajstić information content (AvgIpc) is 2.28. The third-order valence-electron chi connectivity index (χ3n) is 1.68. The maximum Gasteiger partial charge on any atom is 0.343 e. The summed E-state index contributed by atoms with van der Waals surface area (Å²) in [6.07, 6.45) is 0. The van der Waals surface area contributed by atoms with Gasteiger partial charge in [-0.05, 0) is 6.07 Å². The van der Waals surface area contributed by atoms with Crippen molar-refractivity contribution in [1.82, 2.24) is 5.48 Å². The molecule has 0 heterocycles. The molecule has 2 amide bonds. The second-order valence-electron chi connectivity index (χ2n) is 3.05. The van der Waals surface area contributed by atoms with Crippen LogP contribution in [0.5, 0.6) is 0 Å². The van der Waals surface area contributed by atoms with E-state index >= 15 is 0 Å². The highest BCUT2D eigenvalue weighted by molar-refractivity contribution is 5.88. The molecule has 3 N–H and O–H groups in total. The predicted molar refractivity (Wildman–Crippen MR) is 58.8 cm³/mol. The number of benzene rings is 1. The van der Waals surface area contributed by atoms with E-state index in [4.69, 9.17) is 5.11 Å². The first-order valence-electron chi connectivity index (χ1n) is 4.64. The zero-order chi connectivity index (χ0) is 13.5. The first kappa shape index (κ1) is 13.4. The van der Waals surface area contributed by atoms with Crippen molar-refractivity contribution in [3.8, 4) is 0 Å². The summed E-state index contributed by atoms with van der Waals surface area (Å²) in [6, 6.07) is 4.41. The molecule has 0 aliphatic heterocycles. The SMILES string of the molecule is O=C(O)CONC(=O)Nc1cccc([N+](=O)[O-])c1. The molecule has 0 aromatic heterocycles. The van der Waals surface area contributed by atoms with Gasteiger partial charge in [0, 0.05) is 17.8 Å². The van der Waals surface area contributed by atoms with Crippen LogP contribution in [0.15, 0.2) is 24.3 Å². The Morgan fingerprint density at radius 2 is 2.17 bits per heavy atom. The van der Waals surface area contributed by atoms with Crippen LogP contribution >= 0.6 is 0 Å². The summed E-state index contributed by atoms with van der Waals surface area (Å²) >= 11 is 0. The van der Waals surface area contributed by atoms with Gasteiger partial charge < -0.3 is 10.4 Å². The number of hydrogen-bond acceptors (Lipinski definition) is 5. The van der Waals surface area contributed by atoms with Crippen molar-refractivity contribution in [2.24, 2.45) is 0 Å². The molecular formula is C9H9N3O6. The van der Waals surface area contributed by atoms with Crippen LogP contribution in [0.25, 0.3) is 0 Å². The predicted octanol–water partition coefficient (Wildman–Crippen LogP) is 0.732. The summed E-state index contributed by atoms with van der Waals surface area (Å²) in [7, 11) is 0. The molecule has 0 unspecified atom stereocenters. The quantitative estimate of drug-likeness (QED) is 0.525. The number of anilines is 1. The number of rotatable bonds is 5. The fourth-order valence-corrected chi connectivity index (χ4v) is 1.02. The van der Waals surface area contributed by atoms with Gasteiger partial charge in [-0.1, -0.05) is 6.07 Å². The lowest BCUT2D eigenvalue weighted by atomic mass is 10.3. The Hall–Kier alpha value is -2.68. The van der Waals surface area contributed by atoms with Crippen molar-refractivity contribution in [2.45, 2.75) is 0 Å². The smallest absolute Gasteiger partial charge is 0.343 e. The van der Waals surface area contributed by atoms with Crippen molar-refractivity contribution in [3.05, 3.63) is 34.4 Å². The number of nitro benzene ring substituents is 1. The number of aliphatic carboxylic acids is 1. The molecule has 9 heteroatoms. The molecule has 96 valence electrons. The minimum absolute atomic E-state index is 0.181. The van der Waals surface area contributed by atoms with Crippen LogP contribution in [-0.4, -0.2) is 28.6 Å². The maximum atomic E-state index is 11.2. The lowest BCUT2D eigenvalue weighted by molar-refractivity contribution is -0.384. The van der Waals surface area contributed by atoms with Crippen LogP contribution in [0, 0.1) is 10.1 Å². The second kappa shape index (κ2) is 6.15. The summed E-state index contributed by atoms with van der Waals surface area (Å²) in [5.74, 6) is -1.24. The van der Waals surface area contributed by atoms with Crippen molar-refractivity contribution in [2.75, 3.05) is 11.9 Å². The number of amides is 2. The number of carbonyl (C=O) groups is 2. The van der Waals surface area contributed by atoms with E-state index in [1.54, 1.807) is 0 Å². The number of nitro groups is 1. The summed E-state index contributed by atoms with van der Waals surface area (Å²) in [4.78, 5) is 35.4. The van der Waals surface area contributed by atoms with E-state index in [9.17, 15) is 19.7 Å². The third-order valence-corrected chi connectivity index (χ3v) is 1.68. The largest absolute Gasteiger partial charge is 0.479 e. The summed E-state index contributed by atoms with van der Waals surface area (Å²) < 4.78 is 0. The van der Waals surface area contributed by atoms with Gasteiger partial charge in [-0.2, -0.15) is 0 Å². The summed E-state index contributed by atoms with van der Waals surface area (Å²) in [5.41, 5.74) is 1.81. The van der Waals surface area contributed by atoms with Gasteiger partial charge in [-0.15, -0.1) is 0 Å². The fraction of sp³-hybridized carbons (Fsp3) is 0.111. The van der Waals surface area contributed by atoms with Gasteiger partial charge in [0.05, 0.1) is 4.92 Å². The maximum absolute atomic E-state index is 11.2. The van der Waals surface area contributed by atoms with Gasteiger partial charge in [0.1, 0.15) is 0 Å². The fourth-order valence-electron chi connectivity index (χ4n) is 1.02. The van der Waals surface area contributed by atoms with Crippen LogP contribution < -0.4 is 10.8 Å². The first-order chi connectivity index (χ1) is 8.49. The van der Waals surface area contributed by atoms with Crippen LogP contribution in [0.4, 0.5) is 16.2 Å². The van der Waals surface area contributed by atoms with Crippen LogP contribution in [-0.2, 0) is 9.63 Å². The minimum Gasteiger partial charge on any atom is -0.479 e. The molecule has 0 saturated carbocycles. The van der Waals surface area contributed by atoms with Gasteiger partial charge in [0.15, 0.2) is 6.61 Å². The minimum atomic E-state index is -1.24. The highest BCUT2D eigenvalue weighted by Gasteiger charge is 2.08. The lowest BCUT2D eigenvalue weighted by Crippen LogP contribution is -2.30. The molecule has 1 aromatic carbocycles.